The molecule has 1 heterocycles. The van der Waals surface area contributed by atoms with E-state index in [1.54, 1.807) is 0 Å². The molecule has 0 saturated carbocycles. The Labute approximate surface area is 107 Å². The van der Waals surface area contributed by atoms with Gasteiger partial charge in [-0.05, 0) is 33.1 Å². The molecule has 0 bridgehead atoms. The number of Topliss-reactive ketones (excluding diaryl/α,β-unsaturated/α-hetero) is 1. The molecule has 0 aromatic heterocycles. The topological polar surface area (TPSA) is 20.3 Å². The molecule has 100 valence electrons. The lowest BCUT2D eigenvalue weighted by molar-refractivity contribution is -0.132. The van der Waals surface area contributed by atoms with Gasteiger partial charge in [0.05, 0.1) is 6.04 Å². The molecule has 2 heteroatoms. The van der Waals surface area contributed by atoms with Gasteiger partial charge in [0.15, 0.2) is 5.78 Å². The Morgan fingerprint density at radius 2 is 1.71 bits per heavy atom. The van der Waals surface area contributed by atoms with Crippen LogP contribution in [0.15, 0.2) is 0 Å². The Kier molecular flexibility index (Phi) is 4.08. The zero-order valence-corrected chi connectivity index (χ0v) is 12.6. The number of nitrogens with zero attached hydrogens (tertiary/aromatic N) is 1. The summed E-state index contributed by atoms with van der Waals surface area (Å²) < 4.78 is 0. The number of likely N-dealkylation sites (tertiary alicyclic amines) is 1. The first-order valence-electron chi connectivity index (χ1n) is 6.88. The minimum absolute atomic E-state index is 0.0928. The molecular weight excluding hydrogens is 210 g/mol. The van der Waals surface area contributed by atoms with Gasteiger partial charge in [0.1, 0.15) is 0 Å². The molecule has 1 aliphatic rings. The first-order chi connectivity index (χ1) is 7.57. The van der Waals surface area contributed by atoms with E-state index in [0.29, 0.717) is 11.7 Å². The number of carbonyl (C=O) groups is 1. The molecular formula is C15H29NO. The summed E-state index contributed by atoms with van der Waals surface area (Å²) >= 11 is 0. The van der Waals surface area contributed by atoms with E-state index in [2.05, 4.69) is 32.6 Å². The Morgan fingerprint density at radius 1 is 1.18 bits per heavy atom. The van der Waals surface area contributed by atoms with Crippen molar-refractivity contribution < 1.29 is 4.79 Å². The first-order valence-corrected chi connectivity index (χ1v) is 6.88. The van der Waals surface area contributed by atoms with Crippen LogP contribution >= 0.6 is 0 Å². The fourth-order valence-electron chi connectivity index (χ4n) is 2.71. The van der Waals surface area contributed by atoms with Crippen molar-refractivity contribution in [2.75, 3.05) is 6.54 Å². The summed E-state index contributed by atoms with van der Waals surface area (Å²) in [6, 6.07) is 0.125. The minimum Gasteiger partial charge on any atom is -0.297 e. The van der Waals surface area contributed by atoms with Crippen LogP contribution in [0, 0.1) is 11.3 Å². The Morgan fingerprint density at radius 3 is 2.06 bits per heavy atom. The van der Waals surface area contributed by atoms with E-state index in [-0.39, 0.29) is 17.0 Å². The highest BCUT2D eigenvalue weighted by atomic mass is 16.1. The Bertz CT molecular complexity index is 282. The first kappa shape index (κ1) is 14.7. The summed E-state index contributed by atoms with van der Waals surface area (Å²) in [6.45, 7) is 16.1. The zero-order valence-electron chi connectivity index (χ0n) is 12.6. The lowest BCUT2D eigenvalue weighted by Gasteiger charge is -2.38. The van der Waals surface area contributed by atoms with Crippen LogP contribution in [0.25, 0.3) is 0 Å². The molecule has 2 atom stereocenters. The SMILES string of the molecule is CCC1CC(C(=O)C(C)(C)C)N(C(C)(C)C)C1. The molecule has 1 saturated heterocycles. The average Bonchev–Trinajstić information content (AvgIpc) is 2.57. The van der Waals surface area contributed by atoms with E-state index in [4.69, 9.17) is 0 Å². The maximum Gasteiger partial charge on any atom is 0.155 e. The van der Waals surface area contributed by atoms with E-state index in [0.717, 1.165) is 13.0 Å². The molecule has 0 radical (unpaired) electrons. The molecule has 0 aromatic carbocycles. The van der Waals surface area contributed by atoms with E-state index >= 15 is 0 Å². The number of carbonyl (C=O) groups excluding carboxylic acids is 1. The maximum atomic E-state index is 12.5. The van der Waals surface area contributed by atoms with Crippen molar-refractivity contribution in [2.45, 2.75) is 72.9 Å². The molecule has 2 unspecified atom stereocenters. The standard InChI is InChI=1S/C15H29NO/c1-8-11-9-12(13(17)14(2,3)4)16(10-11)15(5,6)7/h11-12H,8-10H2,1-7H3. The van der Waals surface area contributed by atoms with Gasteiger partial charge in [-0.25, -0.2) is 0 Å². The van der Waals surface area contributed by atoms with Crippen molar-refractivity contribution in [2.24, 2.45) is 11.3 Å². The van der Waals surface area contributed by atoms with Crippen molar-refractivity contribution >= 4 is 5.78 Å². The monoisotopic (exact) mass is 239 g/mol. The third-order valence-corrected chi connectivity index (χ3v) is 3.87. The summed E-state index contributed by atoms with van der Waals surface area (Å²) in [5.74, 6) is 1.09. The summed E-state index contributed by atoms with van der Waals surface area (Å²) in [6.07, 6.45) is 2.23. The maximum absolute atomic E-state index is 12.5. The van der Waals surface area contributed by atoms with E-state index in [1.165, 1.54) is 6.42 Å². The van der Waals surface area contributed by atoms with Gasteiger partial charge in [-0.15, -0.1) is 0 Å². The van der Waals surface area contributed by atoms with Crippen LogP contribution in [0.1, 0.15) is 61.3 Å². The van der Waals surface area contributed by atoms with Gasteiger partial charge in [-0.1, -0.05) is 34.1 Å². The molecule has 1 aliphatic heterocycles. The average molecular weight is 239 g/mol. The van der Waals surface area contributed by atoms with Crippen molar-refractivity contribution in [1.29, 1.82) is 0 Å². The lowest BCUT2D eigenvalue weighted by atomic mass is 9.84. The van der Waals surface area contributed by atoms with Gasteiger partial charge in [0.25, 0.3) is 0 Å². The highest BCUT2D eigenvalue weighted by Crippen LogP contribution is 2.35. The van der Waals surface area contributed by atoms with E-state index < -0.39 is 0 Å². The number of hydrogen-bond donors (Lipinski definition) is 0. The molecule has 1 rings (SSSR count). The molecule has 0 amide bonds. The second kappa shape index (κ2) is 4.72. The molecule has 17 heavy (non-hydrogen) atoms. The Hall–Kier alpha value is -0.370. The van der Waals surface area contributed by atoms with Crippen LogP contribution in [-0.4, -0.2) is 28.8 Å². The van der Waals surface area contributed by atoms with E-state index in [1.807, 2.05) is 20.8 Å². The minimum atomic E-state index is -0.225. The highest BCUT2D eigenvalue weighted by molar-refractivity contribution is 5.89. The van der Waals surface area contributed by atoms with Crippen LogP contribution in [0.2, 0.25) is 0 Å². The largest absolute Gasteiger partial charge is 0.297 e. The third kappa shape index (κ3) is 3.31. The zero-order chi connectivity index (χ0) is 13.4. The molecule has 0 aliphatic carbocycles. The smallest absolute Gasteiger partial charge is 0.155 e. The molecule has 0 spiro atoms. The highest BCUT2D eigenvalue weighted by Gasteiger charge is 2.43. The van der Waals surface area contributed by atoms with Crippen LogP contribution in [0.5, 0.6) is 0 Å². The second-order valence-corrected chi connectivity index (χ2v) is 7.46. The van der Waals surface area contributed by atoms with Crippen LogP contribution in [-0.2, 0) is 4.79 Å². The molecule has 0 aromatic rings. The number of hydrogen-bond acceptors (Lipinski definition) is 2. The van der Waals surface area contributed by atoms with Gasteiger partial charge in [0, 0.05) is 17.5 Å². The Balaban J connectivity index is 2.92. The van der Waals surface area contributed by atoms with Crippen LogP contribution < -0.4 is 0 Å². The molecule has 1 fully saturated rings. The van der Waals surface area contributed by atoms with Crippen LogP contribution in [0.4, 0.5) is 0 Å². The lowest BCUT2D eigenvalue weighted by Crippen LogP contribution is -2.50. The fraction of sp³-hybridized carbons (Fsp3) is 0.933. The van der Waals surface area contributed by atoms with E-state index in [9.17, 15) is 4.79 Å². The molecule has 0 N–H and O–H groups in total. The quantitative estimate of drug-likeness (QED) is 0.735. The van der Waals surface area contributed by atoms with Crippen molar-refractivity contribution in [1.82, 2.24) is 4.90 Å². The van der Waals surface area contributed by atoms with Crippen LogP contribution in [0.3, 0.4) is 0 Å². The summed E-state index contributed by atoms with van der Waals surface area (Å²) in [5.41, 5.74) is -0.133. The summed E-state index contributed by atoms with van der Waals surface area (Å²) in [7, 11) is 0. The van der Waals surface area contributed by atoms with Gasteiger partial charge in [-0.3, -0.25) is 9.69 Å². The summed E-state index contributed by atoms with van der Waals surface area (Å²) in [4.78, 5) is 15.0. The predicted molar refractivity (Wildman–Crippen MR) is 73.1 cm³/mol. The van der Waals surface area contributed by atoms with Gasteiger partial charge < -0.3 is 0 Å². The van der Waals surface area contributed by atoms with Gasteiger partial charge in [-0.2, -0.15) is 0 Å². The van der Waals surface area contributed by atoms with Gasteiger partial charge in [0.2, 0.25) is 0 Å². The predicted octanol–water partition coefficient (Wildman–Crippen LogP) is 3.50. The normalized spacial score (nSPS) is 27.5. The number of ketones is 1. The van der Waals surface area contributed by atoms with Crippen molar-refractivity contribution in [3.63, 3.8) is 0 Å². The second-order valence-electron chi connectivity index (χ2n) is 7.46. The molecule has 2 nitrogen and oxygen atoms in total. The van der Waals surface area contributed by atoms with Crippen molar-refractivity contribution in [3.8, 4) is 0 Å². The van der Waals surface area contributed by atoms with Gasteiger partial charge >= 0.3 is 0 Å². The fourth-order valence-corrected chi connectivity index (χ4v) is 2.71. The van der Waals surface area contributed by atoms with Crippen molar-refractivity contribution in [3.05, 3.63) is 0 Å². The number of rotatable bonds is 2. The summed E-state index contributed by atoms with van der Waals surface area (Å²) in [5, 5.41) is 0. The third-order valence-electron chi connectivity index (χ3n) is 3.87.